The summed E-state index contributed by atoms with van der Waals surface area (Å²) in [6.07, 6.45) is 0.611. The second-order valence-electron chi connectivity index (χ2n) is 9.33. The molecule has 0 saturated carbocycles. The number of halogens is 1. The molecule has 0 fully saturated rings. The Labute approximate surface area is 237 Å². The first kappa shape index (κ1) is 28.4. The van der Waals surface area contributed by atoms with E-state index in [1.807, 2.05) is 36.4 Å². The molecule has 1 unspecified atom stereocenters. The third kappa shape index (κ3) is 7.50. The van der Waals surface area contributed by atoms with Crippen LogP contribution in [0.5, 0.6) is 0 Å². The number of hydrogen-bond donors (Lipinski definition) is 1. The number of rotatable bonds is 10. The molecule has 200 valence electrons. The van der Waals surface area contributed by atoms with Crippen LogP contribution in [0.25, 0.3) is 0 Å². The van der Waals surface area contributed by atoms with Crippen LogP contribution in [0.2, 0.25) is 0 Å². The molecular formula is C31H28BrNO5S. The molecule has 0 heterocycles. The van der Waals surface area contributed by atoms with Crippen LogP contribution in [0.15, 0.2) is 112 Å². The van der Waals surface area contributed by atoms with E-state index < -0.39 is 21.8 Å². The Hall–Kier alpha value is -3.59. The van der Waals surface area contributed by atoms with Crippen LogP contribution in [0.1, 0.15) is 37.4 Å². The number of aliphatic hydroxyl groups excluding tert-OH is 1. The van der Waals surface area contributed by atoms with Crippen molar-refractivity contribution in [3.8, 4) is 0 Å². The minimum Gasteiger partial charge on any atom is -0.391 e. The van der Waals surface area contributed by atoms with Gasteiger partial charge in [0.1, 0.15) is 0 Å². The molecule has 0 aliphatic carbocycles. The maximum atomic E-state index is 14.0. The van der Waals surface area contributed by atoms with Crippen LogP contribution in [0, 0.1) is 0 Å². The quantitative estimate of drug-likeness (QED) is 0.247. The van der Waals surface area contributed by atoms with Gasteiger partial charge in [0.05, 0.1) is 16.6 Å². The zero-order chi connectivity index (χ0) is 28.0. The Morgan fingerprint density at radius 3 is 2.05 bits per heavy atom. The minimum atomic E-state index is -3.37. The Morgan fingerprint density at radius 1 is 0.821 bits per heavy atom. The smallest absolute Gasteiger partial charge is 0.254 e. The molecule has 1 atom stereocenters. The van der Waals surface area contributed by atoms with Crippen molar-refractivity contribution in [1.82, 2.24) is 4.90 Å². The Bertz CT molecular complexity index is 1560. The van der Waals surface area contributed by atoms with Crippen molar-refractivity contribution in [2.24, 2.45) is 0 Å². The van der Waals surface area contributed by atoms with E-state index >= 15 is 0 Å². The highest BCUT2D eigenvalue weighted by atomic mass is 79.9. The lowest BCUT2D eigenvalue weighted by molar-refractivity contribution is 0.0602. The normalized spacial score (nSPS) is 12.1. The van der Waals surface area contributed by atoms with Gasteiger partial charge in [-0.05, 0) is 41.5 Å². The van der Waals surface area contributed by atoms with E-state index in [-0.39, 0.29) is 34.9 Å². The van der Waals surface area contributed by atoms with Crippen molar-refractivity contribution < 1.29 is 23.1 Å². The second kappa shape index (κ2) is 12.5. The Balaban J connectivity index is 1.68. The largest absolute Gasteiger partial charge is 0.391 e. The zero-order valence-corrected chi connectivity index (χ0v) is 23.7. The zero-order valence-electron chi connectivity index (χ0n) is 21.3. The average molecular weight is 607 g/mol. The fraction of sp³-hybridized carbons (Fsp3) is 0.161. The first-order valence-corrected chi connectivity index (χ1v) is 15.0. The molecular weight excluding hydrogens is 578 g/mol. The molecule has 4 rings (SSSR count). The van der Waals surface area contributed by atoms with Crippen molar-refractivity contribution in [3.63, 3.8) is 0 Å². The van der Waals surface area contributed by atoms with Crippen molar-refractivity contribution in [2.75, 3.05) is 12.8 Å². The minimum absolute atomic E-state index is 0.0105. The molecule has 0 bridgehead atoms. The Morgan fingerprint density at radius 2 is 1.44 bits per heavy atom. The molecule has 8 heteroatoms. The third-order valence-corrected chi connectivity index (χ3v) is 7.87. The predicted octanol–water partition coefficient (Wildman–Crippen LogP) is 5.33. The molecule has 0 radical (unpaired) electrons. The van der Waals surface area contributed by atoms with Gasteiger partial charge in [-0.3, -0.25) is 9.59 Å². The molecule has 4 aromatic carbocycles. The van der Waals surface area contributed by atoms with Gasteiger partial charge in [0, 0.05) is 41.4 Å². The van der Waals surface area contributed by atoms with Gasteiger partial charge >= 0.3 is 0 Å². The first-order chi connectivity index (χ1) is 18.6. The molecule has 6 nitrogen and oxygen atoms in total. The van der Waals surface area contributed by atoms with Crippen LogP contribution in [-0.4, -0.2) is 49.0 Å². The van der Waals surface area contributed by atoms with Gasteiger partial charge in [-0.1, -0.05) is 88.7 Å². The summed E-state index contributed by atoms with van der Waals surface area (Å²) in [5.41, 5.74) is 2.54. The van der Waals surface area contributed by atoms with Crippen molar-refractivity contribution >= 4 is 37.5 Å². The van der Waals surface area contributed by atoms with Gasteiger partial charge in [-0.15, -0.1) is 0 Å². The number of aliphatic hydroxyl groups is 1. The maximum Gasteiger partial charge on any atom is 0.254 e. The summed E-state index contributed by atoms with van der Waals surface area (Å²) in [4.78, 5) is 29.1. The van der Waals surface area contributed by atoms with Crippen LogP contribution >= 0.6 is 15.9 Å². The van der Waals surface area contributed by atoms with E-state index in [1.54, 1.807) is 54.6 Å². The van der Waals surface area contributed by atoms with Gasteiger partial charge in [0.15, 0.2) is 15.6 Å². The number of nitrogens with zero attached hydrogens (tertiary/aromatic N) is 1. The summed E-state index contributed by atoms with van der Waals surface area (Å²) in [5.74, 6) is -0.705. The predicted molar refractivity (Wildman–Crippen MR) is 154 cm³/mol. The maximum absolute atomic E-state index is 14.0. The number of ketones is 1. The third-order valence-electron chi connectivity index (χ3n) is 6.25. The topological polar surface area (TPSA) is 91.8 Å². The number of carbonyl (C=O) groups excluding carboxylic acids is 2. The van der Waals surface area contributed by atoms with Crippen molar-refractivity contribution in [1.29, 1.82) is 0 Å². The van der Waals surface area contributed by atoms with Crippen LogP contribution in [0.3, 0.4) is 0 Å². The van der Waals surface area contributed by atoms with Crippen molar-refractivity contribution in [3.05, 3.63) is 135 Å². The van der Waals surface area contributed by atoms with Gasteiger partial charge in [-0.25, -0.2) is 8.42 Å². The summed E-state index contributed by atoms with van der Waals surface area (Å²) in [6.45, 7) is 0.125. The monoisotopic (exact) mass is 605 g/mol. The fourth-order valence-corrected chi connectivity index (χ4v) is 5.28. The van der Waals surface area contributed by atoms with Gasteiger partial charge < -0.3 is 10.0 Å². The van der Waals surface area contributed by atoms with Crippen LogP contribution in [-0.2, 0) is 22.8 Å². The molecule has 39 heavy (non-hydrogen) atoms. The molecule has 0 aliphatic rings. The van der Waals surface area contributed by atoms with Gasteiger partial charge in [0.25, 0.3) is 5.91 Å². The lowest BCUT2D eigenvalue weighted by Gasteiger charge is -2.27. The fourth-order valence-electron chi connectivity index (χ4n) is 4.29. The highest BCUT2D eigenvalue weighted by Gasteiger charge is 2.25. The highest BCUT2D eigenvalue weighted by molar-refractivity contribution is 9.10. The molecule has 4 aromatic rings. The second-order valence-corrected chi connectivity index (χ2v) is 12.3. The number of amides is 1. The van der Waals surface area contributed by atoms with Crippen LogP contribution in [0.4, 0.5) is 0 Å². The highest BCUT2D eigenvalue weighted by Crippen LogP contribution is 2.23. The molecule has 1 amide bonds. The summed E-state index contributed by atoms with van der Waals surface area (Å²) in [7, 11) is -3.37. The van der Waals surface area contributed by atoms with E-state index in [0.29, 0.717) is 22.0 Å². The SMILES string of the molecule is CS(=O)(=O)c1ccc(CN(CC(O)Cc2ccccc2)C(=O)c2ccc(Br)cc2C(=O)c2ccccc2)cc1. The number of sulfone groups is 1. The van der Waals surface area contributed by atoms with E-state index in [4.69, 9.17) is 0 Å². The molecule has 0 saturated heterocycles. The van der Waals surface area contributed by atoms with Crippen molar-refractivity contribution in [2.45, 2.75) is 24.0 Å². The number of hydrogen-bond acceptors (Lipinski definition) is 5. The molecule has 1 N–H and O–H groups in total. The molecule has 0 aliphatic heterocycles. The lowest BCUT2D eigenvalue weighted by Crippen LogP contribution is -2.38. The van der Waals surface area contributed by atoms with Gasteiger partial charge in [0.2, 0.25) is 0 Å². The van der Waals surface area contributed by atoms with Gasteiger partial charge in [-0.2, -0.15) is 0 Å². The summed E-state index contributed by atoms with van der Waals surface area (Å²) >= 11 is 3.41. The van der Waals surface area contributed by atoms with Crippen LogP contribution < -0.4 is 0 Å². The first-order valence-electron chi connectivity index (χ1n) is 12.3. The standard InChI is InChI=1S/C31H28BrNO5S/c1-39(37,38)27-15-12-23(13-16-27)20-33(21-26(34)18-22-8-4-2-5-9-22)31(36)28-17-14-25(32)19-29(28)30(35)24-10-6-3-7-11-24/h2-17,19,26,34H,18,20-21H2,1H3. The van der Waals surface area contributed by atoms with E-state index in [9.17, 15) is 23.1 Å². The average Bonchev–Trinajstić information content (AvgIpc) is 2.92. The van der Waals surface area contributed by atoms with E-state index in [0.717, 1.165) is 11.8 Å². The number of benzene rings is 4. The molecule has 0 spiro atoms. The summed E-state index contributed by atoms with van der Waals surface area (Å²) in [5, 5.41) is 11.0. The summed E-state index contributed by atoms with van der Waals surface area (Å²) < 4.78 is 24.4. The van der Waals surface area contributed by atoms with E-state index in [1.165, 1.54) is 17.0 Å². The summed E-state index contributed by atoms with van der Waals surface area (Å²) in [6, 6.07) is 29.4. The molecule has 0 aromatic heterocycles. The van der Waals surface area contributed by atoms with E-state index in [2.05, 4.69) is 15.9 Å². The number of carbonyl (C=O) groups is 2. The Kier molecular flexibility index (Phi) is 9.12. The lowest BCUT2D eigenvalue weighted by atomic mass is 9.97.